The summed E-state index contributed by atoms with van der Waals surface area (Å²) in [6.45, 7) is 7.32. The molecular formula is C25H27ClFN3O3S. The monoisotopic (exact) mass is 503 g/mol. The van der Waals surface area contributed by atoms with Crippen LogP contribution in [0.2, 0.25) is 5.02 Å². The van der Waals surface area contributed by atoms with Crippen LogP contribution in [-0.4, -0.2) is 19.7 Å². The van der Waals surface area contributed by atoms with Crippen molar-refractivity contribution in [3.8, 4) is 11.1 Å². The molecule has 34 heavy (non-hydrogen) atoms. The largest absolute Gasteiger partial charge is 0.598 e. The van der Waals surface area contributed by atoms with E-state index < -0.39 is 28.0 Å². The van der Waals surface area contributed by atoms with Crippen molar-refractivity contribution in [1.82, 2.24) is 9.29 Å². The Kier molecular flexibility index (Phi) is 7.57. The van der Waals surface area contributed by atoms with Gasteiger partial charge in [-0.2, -0.15) is 0 Å². The summed E-state index contributed by atoms with van der Waals surface area (Å²) < 4.78 is 30.1. The first-order valence-electron chi connectivity index (χ1n) is 10.6. The number of anilines is 1. The minimum Gasteiger partial charge on any atom is -0.598 e. The molecular weight excluding hydrogens is 477 g/mol. The highest BCUT2D eigenvalue weighted by Crippen LogP contribution is 2.36. The Labute approximate surface area is 206 Å². The Morgan fingerprint density at radius 1 is 1.18 bits per heavy atom. The molecule has 0 bridgehead atoms. The van der Waals surface area contributed by atoms with Crippen LogP contribution in [0, 0.1) is 5.82 Å². The highest BCUT2D eigenvalue weighted by molar-refractivity contribution is 7.90. The molecule has 0 amide bonds. The number of hydrogen-bond acceptors (Lipinski definition) is 5. The van der Waals surface area contributed by atoms with Crippen LogP contribution in [-0.2, 0) is 18.4 Å². The van der Waals surface area contributed by atoms with Crippen molar-refractivity contribution in [1.29, 1.82) is 0 Å². The van der Waals surface area contributed by atoms with Gasteiger partial charge in [-0.1, -0.05) is 11.6 Å². The normalized spacial score (nSPS) is 13.5. The van der Waals surface area contributed by atoms with Gasteiger partial charge in [-0.3, -0.25) is 9.59 Å². The fourth-order valence-electron chi connectivity index (χ4n) is 3.39. The lowest BCUT2D eigenvalue weighted by Crippen LogP contribution is -2.41. The van der Waals surface area contributed by atoms with Crippen LogP contribution in [0.3, 0.4) is 0 Å². The fourth-order valence-corrected chi connectivity index (χ4v) is 4.35. The van der Waals surface area contributed by atoms with Crippen molar-refractivity contribution in [2.24, 2.45) is 7.05 Å². The highest BCUT2D eigenvalue weighted by Gasteiger charge is 2.30. The number of carbonyl (C=O) groups excluding carboxylic acids is 1. The van der Waals surface area contributed by atoms with E-state index in [9.17, 15) is 18.5 Å². The lowest BCUT2D eigenvalue weighted by atomic mass is 9.90. The molecule has 180 valence electrons. The molecule has 0 saturated carbocycles. The summed E-state index contributed by atoms with van der Waals surface area (Å²) in [6, 6.07) is 9.20. The quantitative estimate of drug-likeness (QED) is 0.286. The lowest BCUT2D eigenvalue weighted by molar-refractivity contribution is 0.103. The van der Waals surface area contributed by atoms with Gasteiger partial charge in [0.2, 0.25) is 0 Å². The van der Waals surface area contributed by atoms with Crippen molar-refractivity contribution in [3.05, 3.63) is 86.5 Å². The fraction of sp³-hybridized carbons (Fsp3) is 0.280. The molecule has 3 aromatic rings. The van der Waals surface area contributed by atoms with E-state index in [0.29, 0.717) is 16.7 Å². The van der Waals surface area contributed by atoms with Crippen molar-refractivity contribution < 1.29 is 13.7 Å². The van der Waals surface area contributed by atoms with Gasteiger partial charge in [0.15, 0.2) is 5.78 Å². The SMILES string of the molecule is C[C@H](N[S+]([O-])C(C)(C)C)c1cc(=O)n(C)cc1-c1cc(N)c(Cl)cc1C(=O)c1ccc(F)cc1. The van der Waals surface area contributed by atoms with Crippen molar-refractivity contribution >= 4 is 34.4 Å². The van der Waals surface area contributed by atoms with E-state index in [1.165, 1.54) is 41.0 Å². The third-order valence-electron chi connectivity index (χ3n) is 5.34. The molecule has 1 aromatic heterocycles. The molecule has 2 aromatic carbocycles. The molecule has 1 heterocycles. The van der Waals surface area contributed by atoms with Gasteiger partial charge >= 0.3 is 0 Å². The van der Waals surface area contributed by atoms with Gasteiger partial charge in [-0.15, -0.1) is 4.72 Å². The van der Waals surface area contributed by atoms with Gasteiger partial charge in [0, 0.05) is 47.4 Å². The van der Waals surface area contributed by atoms with Crippen LogP contribution >= 0.6 is 11.6 Å². The van der Waals surface area contributed by atoms with E-state index in [1.807, 2.05) is 20.8 Å². The number of nitrogens with zero attached hydrogens (tertiary/aromatic N) is 1. The molecule has 0 aliphatic heterocycles. The predicted octanol–water partition coefficient (Wildman–Crippen LogP) is 4.77. The van der Waals surface area contributed by atoms with Gasteiger partial charge in [0.1, 0.15) is 10.6 Å². The topological polar surface area (TPSA) is 100 Å². The van der Waals surface area contributed by atoms with E-state index in [0.717, 1.165) is 0 Å². The zero-order valence-corrected chi connectivity index (χ0v) is 21.2. The van der Waals surface area contributed by atoms with E-state index in [4.69, 9.17) is 17.3 Å². The Hall–Kier alpha value is -2.65. The zero-order chi connectivity index (χ0) is 25.4. The van der Waals surface area contributed by atoms with Crippen LogP contribution in [0.15, 0.2) is 53.5 Å². The van der Waals surface area contributed by atoms with Gasteiger partial charge in [0.05, 0.1) is 16.8 Å². The number of nitrogens with two attached hydrogens (primary N) is 1. The van der Waals surface area contributed by atoms with Crippen LogP contribution in [0.5, 0.6) is 0 Å². The number of pyridine rings is 1. The standard InChI is InChI=1S/C25H27ClFN3O3S/c1-14(29-34(33)25(2,3)4)17-12-23(31)30(5)13-20(17)18-11-22(28)21(26)10-19(18)24(32)15-6-8-16(27)9-7-15/h6-14,29H,28H2,1-5H3/t14-,34?/m0/s1. The average molecular weight is 504 g/mol. The van der Waals surface area contributed by atoms with Crippen LogP contribution in [0.25, 0.3) is 11.1 Å². The summed E-state index contributed by atoms with van der Waals surface area (Å²) in [5.74, 6) is -0.838. The maximum absolute atomic E-state index is 13.4. The number of rotatable bonds is 6. The first kappa shape index (κ1) is 26.0. The molecule has 0 saturated heterocycles. The van der Waals surface area contributed by atoms with E-state index in [1.54, 1.807) is 26.2 Å². The molecule has 0 aliphatic rings. The first-order chi connectivity index (χ1) is 15.8. The highest BCUT2D eigenvalue weighted by atomic mass is 35.5. The van der Waals surface area contributed by atoms with Crippen molar-refractivity contribution in [2.45, 2.75) is 38.5 Å². The second-order valence-electron chi connectivity index (χ2n) is 9.07. The lowest BCUT2D eigenvalue weighted by Gasteiger charge is -2.27. The summed E-state index contributed by atoms with van der Waals surface area (Å²) in [5, 5.41) is 0.195. The summed E-state index contributed by atoms with van der Waals surface area (Å²) in [7, 11) is 1.60. The van der Waals surface area contributed by atoms with Gasteiger partial charge in [-0.05, 0) is 75.2 Å². The third-order valence-corrected chi connectivity index (χ3v) is 7.35. The smallest absolute Gasteiger partial charge is 0.250 e. The van der Waals surface area contributed by atoms with E-state index >= 15 is 0 Å². The van der Waals surface area contributed by atoms with Gasteiger partial charge in [-0.25, -0.2) is 4.39 Å². The molecule has 0 spiro atoms. The number of nitrogens with one attached hydrogen (secondary N) is 1. The summed E-state index contributed by atoms with van der Waals surface area (Å²) in [4.78, 5) is 25.9. The van der Waals surface area contributed by atoms with Crippen LogP contribution < -0.4 is 16.0 Å². The van der Waals surface area contributed by atoms with Gasteiger partial charge < -0.3 is 14.9 Å². The molecule has 0 aliphatic carbocycles. The Balaban J connectivity index is 2.22. The van der Waals surface area contributed by atoms with E-state index in [-0.39, 0.29) is 33.2 Å². The second kappa shape index (κ2) is 9.92. The molecule has 0 fully saturated rings. The molecule has 0 radical (unpaired) electrons. The number of ketones is 1. The average Bonchev–Trinajstić information content (AvgIpc) is 2.76. The molecule has 9 heteroatoms. The van der Waals surface area contributed by atoms with Crippen LogP contribution in [0.1, 0.15) is 55.2 Å². The molecule has 1 unspecified atom stereocenters. The van der Waals surface area contributed by atoms with Crippen LogP contribution in [0.4, 0.5) is 10.1 Å². The Morgan fingerprint density at radius 3 is 2.38 bits per heavy atom. The number of aryl methyl sites for hydroxylation is 1. The summed E-state index contributed by atoms with van der Waals surface area (Å²) >= 11 is 4.86. The maximum Gasteiger partial charge on any atom is 0.250 e. The summed E-state index contributed by atoms with van der Waals surface area (Å²) in [6.07, 6.45) is 1.61. The molecule has 3 rings (SSSR count). The molecule has 6 nitrogen and oxygen atoms in total. The van der Waals surface area contributed by atoms with Crippen molar-refractivity contribution in [3.63, 3.8) is 0 Å². The number of halogens is 2. The number of nitrogen functional groups attached to an aromatic ring is 1. The minimum atomic E-state index is -1.41. The van der Waals surface area contributed by atoms with E-state index in [2.05, 4.69) is 4.72 Å². The third kappa shape index (κ3) is 5.52. The number of aromatic nitrogens is 1. The number of carbonyl (C=O) groups is 1. The van der Waals surface area contributed by atoms with Gasteiger partial charge in [0.25, 0.3) is 5.56 Å². The Morgan fingerprint density at radius 2 is 1.79 bits per heavy atom. The molecule has 2 atom stereocenters. The first-order valence-corrected chi connectivity index (χ1v) is 12.1. The summed E-state index contributed by atoms with van der Waals surface area (Å²) in [5.41, 5.74) is 8.17. The number of hydrogen-bond donors (Lipinski definition) is 2. The van der Waals surface area contributed by atoms with Crippen molar-refractivity contribution in [2.75, 3.05) is 5.73 Å². The number of benzene rings is 2. The Bertz CT molecular complexity index is 1290. The maximum atomic E-state index is 13.4. The zero-order valence-electron chi connectivity index (χ0n) is 19.6. The minimum absolute atomic E-state index is 0.195. The predicted molar refractivity (Wildman–Crippen MR) is 136 cm³/mol. The molecule has 3 N–H and O–H groups in total. The second-order valence-corrected chi connectivity index (χ2v) is 11.5.